The van der Waals surface area contributed by atoms with E-state index in [-0.39, 0.29) is 18.5 Å². The fourth-order valence-corrected chi connectivity index (χ4v) is 1.47. The lowest BCUT2D eigenvalue weighted by Crippen LogP contribution is -2.37. The molecule has 1 unspecified atom stereocenters. The second-order valence-corrected chi connectivity index (χ2v) is 3.88. The minimum atomic E-state index is -0.391. The van der Waals surface area contributed by atoms with Gasteiger partial charge in [-0.05, 0) is 6.42 Å². The molecule has 0 bridgehead atoms. The van der Waals surface area contributed by atoms with Gasteiger partial charge in [0.05, 0.1) is 13.2 Å². The molecule has 0 aliphatic rings. The Kier molecular flexibility index (Phi) is 5.13. The Morgan fingerprint density at radius 1 is 1.36 bits per heavy atom. The molecular weight excluding hydrogens is 160 g/mol. The maximum Gasteiger partial charge on any atom is 0.0519 e. The first-order valence-corrected chi connectivity index (χ1v) is 4.54. The number of hydrogen-bond donors (Lipinski definition) is 3. The van der Waals surface area contributed by atoms with Gasteiger partial charge in [0.25, 0.3) is 0 Å². The Bertz CT molecular complexity index is 100. The molecule has 0 fully saturated rings. The van der Waals surface area contributed by atoms with Crippen molar-refractivity contribution in [2.75, 3.05) is 13.2 Å². The molecule has 0 heterocycles. The summed E-state index contributed by atoms with van der Waals surface area (Å²) in [5.41, 5.74) is -0.391. The van der Waals surface area contributed by atoms with Gasteiger partial charge in [-0.1, -0.05) is 20.3 Å². The van der Waals surface area contributed by atoms with Crippen LogP contribution in [0, 0.1) is 5.41 Å². The van der Waals surface area contributed by atoms with Crippen LogP contribution >= 0.6 is 12.6 Å². The maximum absolute atomic E-state index is 9.07. The third-order valence-electron chi connectivity index (χ3n) is 2.26. The maximum atomic E-state index is 9.07. The van der Waals surface area contributed by atoms with E-state index in [9.17, 15) is 0 Å². The lowest BCUT2D eigenvalue weighted by molar-refractivity contribution is 0.0484. The fraction of sp³-hybridized carbons (Fsp3) is 1.00. The number of thiol groups is 1. The molecule has 1 atom stereocenters. The fourth-order valence-electron chi connectivity index (χ4n) is 1.18. The molecule has 0 aromatic carbocycles. The second kappa shape index (κ2) is 5.01. The third-order valence-corrected chi connectivity index (χ3v) is 2.81. The van der Waals surface area contributed by atoms with E-state index in [2.05, 4.69) is 12.6 Å². The highest BCUT2D eigenvalue weighted by Crippen LogP contribution is 2.30. The molecular formula is C8H18O2S. The van der Waals surface area contributed by atoms with Gasteiger partial charge in [0.1, 0.15) is 0 Å². The van der Waals surface area contributed by atoms with Crippen LogP contribution in [0.3, 0.4) is 0 Å². The molecule has 0 aromatic rings. The molecule has 0 amide bonds. The van der Waals surface area contributed by atoms with Crippen molar-refractivity contribution in [2.45, 2.75) is 31.9 Å². The number of hydrogen-bond acceptors (Lipinski definition) is 3. The minimum absolute atomic E-state index is 0.0159. The summed E-state index contributed by atoms with van der Waals surface area (Å²) in [6.07, 6.45) is 1.79. The zero-order chi connectivity index (χ0) is 8.91. The summed E-state index contributed by atoms with van der Waals surface area (Å²) in [6, 6.07) is 0. The molecule has 2 nitrogen and oxygen atoms in total. The average molecular weight is 178 g/mol. The van der Waals surface area contributed by atoms with E-state index in [1.807, 2.05) is 13.8 Å². The molecule has 0 aromatic heterocycles. The molecule has 2 N–H and O–H groups in total. The van der Waals surface area contributed by atoms with Crippen molar-refractivity contribution in [3.05, 3.63) is 0 Å². The summed E-state index contributed by atoms with van der Waals surface area (Å²) in [5.74, 6) is 0. The number of aliphatic hydroxyl groups is 2. The summed E-state index contributed by atoms with van der Waals surface area (Å²) in [7, 11) is 0. The van der Waals surface area contributed by atoms with Crippen molar-refractivity contribution in [3.8, 4) is 0 Å². The van der Waals surface area contributed by atoms with Crippen molar-refractivity contribution < 1.29 is 10.2 Å². The lowest BCUT2D eigenvalue weighted by Gasteiger charge is -2.32. The molecule has 68 valence electrons. The van der Waals surface area contributed by atoms with Gasteiger partial charge in [-0.15, -0.1) is 0 Å². The predicted molar refractivity (Wildman–Crippen MR) is 50.0 cm³/mol. The van der Waals surface area contributed by atoms with E-state index in [1.165, 1.54) is 0 Å². The Hall–Kier alpha value is 0.270. The topological polar surface area (TPSA) is 40.5 Å². The van der Waals surface area contributed by atoms with Gasteiger partial charge in [-0.2, -0.15) is 12.6 Å². The van der Waals surface area contributed by atoms with E-state index < -0.39 is 5.41 Å². The van der Waals surface area contributed by atoms with Crippen LogP contribution in [0.1, 0.15) is 26.7 Å². The quantitative estimate of drug-likeness (QED) is 0.551. The summed E-state index contributed by atoms with van der Waals surface area (Å²) >= 11 is 4.25. The van der Waals surface area contributed by atoms with Crippen LogP contribution in [0.2, 0.25) is 0 Å². The van der Waals surface area contributed by atoms with Gasteiger partial charge in [-0.3, -0.25) is 0 Å². The highest BCUT2D eigenvalue weighted by atomic mass is 32.1. The van der Waals surface area contributed by atoms with E-state index >= 15 is 0 Å². The normalized spacial score (nSPS) is 15.0. The highest BCUT2D eigenvalue weighted by molar-refractivity contribution is 7.81. The van der Waals surface area contributed by atoms with Crippen molar-refractivity contribution in [1.82, 2.24) is 0 Å². The van der Waals surface area contributed by atoms with Crippen molar-refractivity contribution in [1.29, 1.82) is 0 Å². The molecule has 0 radical (unpaired) electrons. The zero-order valence-electron chi connectivity index (χ0n) is 7.25. The van der Waals surface area contributed by atoms with Gasteiger partial charge in [-0.25, -0.2) is 0 Å². The van der Waals surface area contributed by atoms with Crippen LogP contribution in [-0.4, -0.2) is 28.7 Å². The van der Waals surface area contributed by atoms with Crippen LogP contribution < -0.4 is 0 Å². The predicted octanol–water partition coefficient (Wildman–Crippen LogP) is 1.08. The molecule has 0 rings (SSSR count). The lowest BCUT2D eigenvalue weighted by atomic mass is 9.82. The van der Waals surface area contributed by atoms with E-state index in [0.29, 0.717) is 0 Å². The zero-order valence-corrected chi connectivity index (χ0v) is 8.14. The summed E-state index contributed by atoms with van der Waals surface area (Å²) < 4.78 is 0. The SMILES string of the molecule is CCCC(CO)(CO)C(C)S. The van der Waals surface area contributed by atoms with Crippen molar-refractivity contribution in [3.63, 3.8) is 0 Å². The van der Waals surface area contributed by atoms with Crippen LogP contribution in [0.15, 0.2) is 0 Å². The molecule has 0 saturated carbocycles. The molecule has 3 heteroatoms. The standard InChI is InChI=1S/C8H18O2S/c1-3-4-8(5-9,6-10)7(2)11/h7,9-11H,3-6H2,1-2H3. The number of rotatable bonds is 5. The Morgan fingerprint density at radius 3 is 1.91 bits per heavy atom. The smallest absolute Gasteiger partial charge is 0.0519 e. The Labute approximate surface area is 74.0 Å². The first-order valence-electron chi connectivity index (χ1n) is 4.02. The Morgan fingerprint density at radius 2 is 1.82 bits per heavy atom. The summed E-state index contributed by atoms with van der Waals surface area (Å²) in [4.78, 5) is 0. The first-order chi connectivity index (χ1) is 5.13. The molecule has 0 aliphatic heterocycles. The van der Waals surface area contributed by atoms with Crippen molar-refractivity contribution >= 4 is 12.6 Å². The molecule has 0 spiro atoms. The Balaban J connectivity index is 4.20. The minimum Gasteiger partial charge on any atom is -0.396 e. The molecule has 0 saturated heterocycles. The van der Waals surface area contributed by atoms with Crippen LogP contribution in [-0.2, 0) is 0 Å². The van der Waals surface area contributed by atoms with Gasteiger partial charge in [0.15, 0.2) is 0 Å². The van der Waals surface area contributed by atoms with Crippen molar-refractivity contribution in [2.24, 2.45) is 5.41 Å². The van der Waals surface area contributed by atoms with Gasteiger partial charge >= 0.3 is 0 Å². The van der Waals surface area contributed by atoms with E-state index in [1.54, 1.807) is 0 Å². The number of aliphatic hydroxyl groups excluding tert-OH is 2. The van der Waals surface area contributed by atoms with Gasteiger partial charge < -0.3 is 10.2 Å². The summed E-state index contributed by atoms with van der Waals surface area (Å²) in [5, 5.41) is 18.2. The van der Waals surface area contributed by atoms with Crippen LogP contribution in [0.4, 0.5) is 0 Å². The second-order valence-electron chi connectivity index (χ2n) is 3.10. The molecule has 0 aliphatic carbocycles. The van der Waals surface area contributed by atoms with Gasteiger partial charge in [0.2, 0.25) is 0 Å². The summed E-state index contributed by atoms with van der Waals surface area (Å²) in [6.45, 7) is 3.98. The van der Waals surface area contributed by atoms with E-state index in [4.69, 9.17) is 10.2 Å². The monoisotopic (exact) mass is 178 g/mol. The third kappa shape index (κ3) is 2.65. The highest BCUT2D eigenvalue weighted by Gasteiger charge is 2.31. The largest absolute Gasteiger partial charge is 0.396 e. The first kappa shape index (κ1) is 11.3. The average Bonchev–Trinajstić information content (AvgIpc) is 2.00. The molecule has 11 heavy (non-hydrogen) atoms. The van der Waals surface area contributed by atoms with Gasteiger partial charge in [0, 0.05) is 10.7 Å². The van der Waals surface area contributed by atoms with Crippen LogP contribution in [0.25, 0.3) is 0 Å². The van der Waals surface area contributed by atoms with Crippen LogP contribution in [0.5, 0.6) is 0 Å². The van der Waals surface area contributed by atoms with E-state index in [0.717, 1.165) is 12.8 Å².